The van der Waals surface area contributed by atoms with Crippen LogP contribution in [0.5, 0.6) is 5.75 Å². The number of rotatable bonds is 7. The van der Waals surface area contributed by atoms with Crippen LogP contribution in [0.1, 0.15) is 118 Å². The van der Waals surface area contributed by atoms with Crippen molar-refractivity contribution in [1.82, 2.24) is 0 Å². The highest BCUT2D eigenvalue weighted by molar-refractivity contribution is 5.41. The zero-order chi connectivity index (χ0) is 30.2. The van der Waals surface area contributed by atoms with E-state index in [4.69, 9.17) is 0 Å². The average molecular weight is 603 g/mol. The summed E-state index contributed by atoms with van der Waals surface area (Å²) in [5.41, 5.74) is 0.0464. The molecule has 0 saturated heterocycles. The molecule has 42 heavy (non-hydrogen) atoms. The second kappa shape index (κ2) is 12.7. The Bertz CT molecular complexity index is 1260. The van der Waals surface area contributed by atoms with Crippen LogP contribution in [-0.4, -0.2) is 6.36 Å². The molecule has 1 unspecified atom stereocenters. The predicted molar refractivity (Wildman–Crippen MR) is 144 cm³/mol. The van der Waals surface area contributed by atoms with Crippen LogP contribution in [-0.2, 0) is 12.8 Å². The molecule has 3 aliphatic carbocycles. The van der Waals surface area contributed by atoms with Gasteiger partial charge in [-0.3, -0.25) is 0 Å². The molecule has 2 fully saturated rings. The highest BCUT2D eigenvalue weighted by atomic mass is 19.4. The van der Waals surface area contributed by atoms with E-state index >= 15 is 13.2 Å². The molecule has 0 heterocycles. The van der Waals surface area contributed by atoms with Crippen LogP contribution in [0.4, 0.5) is 35.1 Å². The first-order valence-electron chi connectivity index (χ1n) is 15.4. The average Bonchev–Trinajstić information content (AvgIpc) is 2.97. The van der Waals surface area contributed by atoms with Crippen LogP contribution >= 0.6 is 0 Å². The van der Waals surface area contributed by atoms with Crippen molar-refractivity contribution in [3.05, 3.63) is 63.5 Å². The Morgan fingerprint density at radius 2 is 1.26 bits per heavy atom. The van der Waals surface area contributed by atoms with Gasteiger partial charge in [0, 0.05) is 5.56 Å². The maximum absolute atomic E-state index is 15.7. The van der Waals surface area contributed by atoms with E-state index in [1.165, 1.54) is 32.1 Å². The van der Waals surface area contributed by atoms with Gasteiger partial charge in [0.15, 0.2) is 23.2 Å². The normalized spacial score (nSPS) is 26.6. The molecule has 0 aromatic heterocycles. The van der Waals surface area contributed by atoms with E-state index in [-0.39, 0.29) is 53.9 Å². The molecule has 3 aliphatic rings. The van der Waals surface area contributed by atoms with Crippen molar-refractivity contribution < 1.29 is 39.9 Å². The van der Waals surface area contributed by atoms with Crippen LogP contribution in [0.3, 0.4) is 0 Å². The van der Waals surface area contributed by atoms with Crippen LogP contribution in [0.25, 0.3) is 0 Å². The smallest absolute Gasteiger partial charge is 0.403 e. The molecule has 1 nitrogen and oxygen atoms in total. The van der Waals surface area contributed by atoms with Crippen LogP contribution < -0.4 is 4.74 Å². The van der Waals surface area contributed by atoms with Gasteiger partial charge in [0.1, 0.15) is 5.82 Å². The van der Waals surface area contributed by atoms with Gasteiger partial charge in [0.05, 0.1) is 0 Å². The summed E-state index contributed by atoms with van der Waals surface area (Å²) in [6.45, 7) is 2.24. The SMILES string of the molecule is CCC1CCC(CCC2CCc3c(F)c(C4CCC(c5ccc(OC(F)(F)F)c(F)c5F)CC4)c(F)c(F)c3C2)CC1. The van der Waals surface area contributed by atoms with Gasteiger partial charge < -0.3 is 4.74 Å². The molecule has 232 valence electrons. The van der Waals surface area contributed by atoms with Crippen molar-refractivity contribution in [3.8, 4) is 5.75 Å². The Morgan fingerprint density at radius 1 is 0.643 bits per heavy atom. The van der Waals surface area contributed by atoms with Crippen molar-refractivity contribution >= 4 is 0 Å². The van der Waals surface area contributed by atoms with Crippen molar-refractivity contribution in [3.63, 3.8) is 0 Å². The molecule has 2 aromatic rings. The summed E-state index contributed by atoms with van der Waals surface area (Å²) in [6.07, 6.45) is 5.36. The summed E-state index contributed by atoms with van der Waals surface area (Å²) >= 11 is 0. The first-order chi connectivity index (χ1) is 20.0. The second-order valence-corrected chi connectivity index (χ2v) is 12.7. The van der Waals surface area contributed by atoms with Gasteiger partial charge in [-0.25, -0.2) is 17.6 Å². The standard InChI is InChI=1S/C33H38F8O/c1-2-18-3-5-19(6-4-18)7-8-20-9-14-24-25(17-20)30(36)32(38)27(28(24)34)22-12-10-21(11-13-22)23-15-16-26(31(37)29(23)35)42-33(39,40)41/h15-16,18-22H,2-14,17H2,1H3. The van der Waals surface area contributed by atoms with E-state index in [0.29, 0.717) is 18.8 Å². The lowest BCUT2D eigenvalue weighted by Crippen LogP contribution is -2.23. The quantitative estimate of drug-likeness (QED) is 0.226. The highest BCUT2D eigenvalue weighted by Crippen LogP contribution is 2.46. The van der Waals surface area contributed by atoms with E-state index in [1.54, 1.807) is 0 Å². The number of alkyl halides is 3. The van der Waals surface area contributed by atoms with E-state index in [9.17, 15) is 22.0 Å². The Balaban J connectivity index is 1.24. The van der Waals surface area contributed by atoms with Gasteiger partial charge in [-0.2, -0.15) is 4.39 Å². The van der Waals surface area contributed by atoms with Gasteiger partial charge in [0.25, 0.3) is 0 Å². The predicted octanol–water partition coefficient (Wildman–Crippen LogP) is 10.8. The summed E-state index contributed by atoms with van der Waals surface area (Å²) in [4.78, 5) is 0. The third-order valence-electron chi connectivity index (χ3n) is 10.3. The van der Waals surface area contributed by atoms with Gasteiger partial charge in [-0.05, 0) is 104 Å². The lowest BCUT2D eigenvalue weighted by molar-refractivity contribution is -0.275. The van der Waals surface area contributed by atoms with Crippen LogP contribution in [0, 0.1) is 46.8 Å². The van der Waals surface area contributed by atoms with Gasteiger partial charge in [-0.15, -0.1) is 13.2 Å². The lowest BCUT2D eigenvalue weighted by atomic mass is 9.73. The molecule has 0 amide bonds. The van der Waals surface area contributed by atoms with Crippen molar-refractivity contribution in [2.45, 2.75) is 115 Å². The maximum atomic E-state index is 15.7. The Morgan fingerprint density at radius 3 is 1.90 bits per heavy atom. The molecule has 0 N–H and O–H groups in total. The Hall–Kier alpha value is -2.32. The van der Waals surface area contributed by atoms with Crippen molar-refractivity contribution in [1.29, 1.82) is 0 Å². The first kappa shape index (κ1) is 31.1. The molecular weight excluding hydrogens is 564 g/mol. The highest BCUT2D eigenvalue weighted by Gasteiger charge is 2.37. The number of benzene rings is 2. The fourth-order valence-corrected chi connectivity index (χ4v) is 7.75. The van der Waals surface area contributed by atoms with E-state index < -0.39 is 53.0 Å². The van der Waals surface area contributed by atoms with Gasteiger partial charge in [-0.1, -0.05) is 51.5 Å². The van der Waals surface area contributed by atoms with Crippen LogP contribution in [0.2, 0.25) is 0 Å². The summed E-state index contributed by atoms with van der Waals surface area (Å²) in [5.74, 6) is -6.69. The third-order valence-corrected chi connectivity index (χ3v) is 10.3. The molecule has 0 bridgehead atoms. The Labute approximate surface area is 242 Å². The number of halogens is 8. The Kier molecular flexibility index (Phi) is 9.43. The van der Waals surface area contributed by atoms with Crippen LogP contribution in [0.15, 0.2) is 12.1 Å². The van der Waals surface area contributed by atoms with E-state index in [0.717, 1.165) is 37.3 Å². The lowest BCUT2D eigenvalue weighted by Gasteiger charge is -2.33. The second-order valence-electron chi connectivity index (χ2n) is 12.7. The minimum absolute atomic E-state index is 0.109. The summed E-state index contributed by atoms with van der Waals surface area (Å²) in [6, 6.07) is 1.78. The number of fused-ring (bicyclic) bond motifs is 1. The molecule has 2 aromatic carbocycles. The monoisotopic (exact) mass is 602 g/mol. The van der Waals surface area contributed by atoms with Gasteiger partial charge >= 0.3 is 6.36 Å². The largest absolute Gasteiger partial charge is 0.573 e. The molecule has 0 aliphatic heterocycles. The fourth-order valence-electron chi connectivity index (χ4n) is 7.75. The maximum Gasteiger partial charge on any atom is 0.573 e. The molecule has 0 radical (unpaired) electrons. The molecule has 5 rings (SSSR count). The zero-order valence-electron chi connectivity index (χ0n) is 23.9. The van der Waals surface area contributed by atoms with E-state index in [1.807, 2.05) is 0 Å². The number of hydrogen-bond donors (Lipinski definition) is 0. The number of ether oxygens (including phenoxy) is 1. The molecule has 9 heteroatoms. The van der Waals surface area contributed by atoms with Crippen molar-refractivity contribution in [2.75, 3.05) is 0 Å². The summed E-state index contributed by atoms with van der Waals surface area (Å²) < 4.78 is 116. The minimum atomic E-state index is -5.17. The molecule has 2 saturated carbocycles. The van der Waals surface area contributed by atoms with Crippen molar-refractivity contribution in [2.24, 2.45) is 17.8 Å². The molecule has 0 spiro atoms. The third kappa shape index (κ3) is 6.59. The summed E-state index contributed by atoms with van der Waals surface area (Å²) in [7, 11) is 0. The van der Waals surface area contributed by atoms with Gasteiger partial charge in [0.2, 0.25) is 5.82 Å². The number of hydrogen-bond acceptors (Lipinski definition) is 1. The first-order valence-corrected chi connectivity index (χ1v) is 15.4. The fraction of sp³-hybridized carbons (Fsp3) is 0.636. The summed E-state index contributed by atoms with van der Waals surface area (Å²) in [5, 5.41) is 0. The topological polar surface area (TPSA) is 9.23 Å². The zero-order valence-corrected chi connectivity index (χ0v) is 23.9. The molecule has 1 atom stereocenters. The minimum Gasteiger partial charge on any atom is -0.403 e. The van der Waals surface area contributed by atoms with E-state index in [2.05, 4.69) is 11.7 Å². The molecular formula is C33H38F8O.